The molecular weight excluding hydrogens is 388 g/mol. The van der Waals surface area contributed by atoms with E-state index in [4.69, 9.17) is 0 Å². The van der Waals surface area contributed by atoms with Crippen molar-refractivity contribution in [3.63, 3.8) is 0 Å². The van der Waals surface area contributed by atoms with E-state index in [2.05, 4.69) is 0 Å². The number of piperidine rings is 2. The van der Waals surface area contributed by atoms with Crippen LogP contribution in [-0.4, -0.2) is 64.8 Å². The average Bonchev–Trinajstić information content (AvgIpc) is 2.53. The van der Waals surface area contributed by atoms with Crippen molar-refractivity contribution >= 4 is 11.9 Å². The molecule has 174 valence electrons. The maximum Gasteiger partial charge on any atom is 0.307 e. The lowest BCUT2D eigenvalue weighted by atomic mass is 9.61. The van der Waals surface area contributed by atoms with Gasteiger partial charge in [0.05, 0.1) is 11.8 Å². The lowest BCUT2D eigenvalue weighted by Crippen LogP contribution is -2.63. The van der Waals surface area contributed by atoms with Crippen molar-refractivity contribution in [1.29, 1.82) is 0 Å². The number of carboxylic acid groups (broad SMARTS) is 2. The van der Waals surface area contributed by atoms with Gasteiger partial charge >= 0.3 is 11.9 Å². The van der Waals surface area contributed by atoms with Crippen molar-refractivity contribution < 1.29 is 30.2 Å². The van der Waals surface area contributed by atoms with Gasteiger partial charge in [-0.15, -0.1) is 0 Å². The first-order chi connectivity index (χ1) is 13.3. The van der Waals surface area contributed by atoms with Crippen molar-refractivity contribution in [3.8, 4) is 0 Å². The Morgan fingerprint density at radius 3 is 1.00 bits per heavy atom. The lowest BCUT2D eigenvalue weighted by molar-refractivity contribution is -0.262. The summed E-state index contributed by atoms with van der Waals surface area (Å²) in [5.41, 5.74) is -2.68. The second-order valence-corrected chi connectivity index (χ2v) is 11.9. The van der Waals surface area contributed by atoms with Crippen molar-refractivity contribution in [3.05, 3.63) is 0 Å². The second-order valence-electron chi connectivity index (χ2n) is 11.9. The standard InChI is InChI=1S/C22H40N2O6/c1-19(2)9-13(10-20(3,4)23(19)29)15(17(25)26)16(18(27)28)14-11-21(5,6)24(30)22(7,8)12-14/h13-16,29-30H,9-12H2,1-8H3,(H,25,26)(H,27,28). The third-order valence-electron chi connectivity index (χ3n) is 7.31. The Morgan fingerprint density at radius 2 is 0.833 bits per heavy atom. The van der Waals surface area contributed by atoms with E-state index in [9.17, 15) is 30.2 Å². The van der Waals surface area contributed by atoms with Gasteiger partial charge in [-0.1, -0.05) is 0 Å². The van der Waals surface area contributed by atoms with Crippen LogP contribution < -0.4 is 0 Å². The van der Waals surface area contributed by atoms with Crippen LogP contribution in [0.3, 0.4) is 0 Å². The first-order valence-electron chi connectivity index (χ1n) is 10.8. The van der Waals surface area contributed by atoms with Gasteiger partial charge < -0.3 is 20.6 Å². The number of carbonyl (C=O) groups is 2. The Labute approximate surface area is 179 Å². The zero-order valence-electron chi connectivity index (χ0n) is 19.6. The molecule has 2 aliphatic heterocycles. The molecule has 0 saturated carbocycles. The monoisotopic (exact) mass is 428 g/mol. The highest BCUT2D eigenvalue weighted by Crippen LogP contribution is 2.50. The van der Waals surface area contributed by atoms with Gasteiger partial charge in [0, 0.05) is 22.2 Å². The molecule has 2 rings (SSSR count). The minimum Gasteiger partial charge on any atom is -0.481 e. The molecule has 0 spiro atoms. The number of nitrogens with zero attached hydrogens (tertiary/aromatic N) is 2. The topological polar surface area (TPSA) is 122 Å². The number of hydrogen-bond donors (Lipinski definition) is 4. The molecule has 0 bridgehead atoms. The van der Waals surface area contributed by atoms with Crippen LogP contribution in [0.4, 0.5) is 0 Å². The van der Waals surface area contributed by atoms with Gasteiger partial charge in [0.2, 0.25) is 0 Å². The quantitative estimate of drug-likeness (QED) is 0.523. The SMILES string of the molecule is CC1(C)CC(C(C(=O)O)C(C(=O)O)C2CC(C)(C)N(O)C(C)(C)C2)CC(C)(C)N1O. The van der Waals surface area contributed by atoms with E-state index in [0.717, 1.165) is 0 Å². The van der Waals surface area contributed by atoms with Crippen LogP contribution in [0.15, 0.2) is 0 Å². The molecule has 2 aliphatic rings. The molecule has 2 fully saturated rings. The minimum atomic E-state index is -1.10. The van der Waals surface area contributed by atoms with Crippen LogP contribution in [0.2, 0.25) is 0 Å². The van der Waals surface area contributed by atoms with Crippen molar-refractivity contribution in [2.24, 2.45) is 23.7 Å². The number of rotatable bonds is 5. The molecule has 2 unspecified atom stereocenters. The molecule has 30 heavy (non-hydrogen) atoms. The largest absolute Gasteiger partial charge is 0.481 e. The van der Waals surface area contributed by atoms with Gasteiger partial charge in [0.1, 0.15) is 0 Å². The Morgan fingerprint density at radius 1 is 0.633 bits per heavy atom. The number of aliphatic carboxylic acids is 2. The normalized spacial score (nSPS) is 29.3. The van der Waals surface area contributed by atoms with Crippen LogP contribution in [0.1, 0.15) is 81.1 Å². The van der Waals surface area contributed by atoms with Gasteiger partial charge in [-0.3, -0.25) is 9.59 Å². The summed E-state index contributed by atoms with van der Waals surface area (Å²) in [6, 6.07) is 0. The summed E-state index contributed by atoms with van der Waals surface area (Å²) in [6.07, 6.45) is 1.55. The molecule has 0 radical (unpaired) electrons. The van der Waals surface area contributed by atoms with E-state index in [1.165, 1.54) is 10.1 Å². The Balaban J connectivity index is 2.48. The number of hydrogen-bond acceptors (Lipinski definition) is 6. The molecular formula is C22H40N2O6. The summed E-state index contributed by atoms with van der Waals surface area (Å²) < 4.78 is 0. The minimum absolute atomic E-state index is 0.388. The maximum atomic E-state index is 12.5. The molecule has 0 aromatic rings. The van der Waals surface area contributed by atoms with Crippen molar-refractivity contribution in [2.75, 3.05) is 0 Å². The van der Waals surface area contributed by atoms with E-state index < -0.39 is 57.8 Å². The Bertz CT molecular complexity index is 593. The predicted octanol–water partition coefficient (Wildman–Crippen LogP) is 3.70. The van der Waals surface area contributed by atoms with Crippen LogP contribution in [-0.2, 0) is 9.59 Å². The highest BCUT2D eigenvalue weighted by atomic mass is 16.5. The van der Waals surface area contributed by atoms with Gasteiger partial charge in [-0.2, -0.15) is 10.1 Å². The van der Waals surface area contributed by atoms with Gasteiger partial charge in [0.25, 0.3) is 0 Å². The van der Waals surface area contributed by atoms with Crippen LogP contribution >= 0.6 is 0 Å². The molecule has 0 aliphatic carbocycles. The maximum absolute atomic E-state index is 12.5. The summed E-state index contributed by atoms with van der Waals surface area (Å²) in [5.74, 6) is -5.14. The molecule has 0 aromatic carbocycles. The highest BCUT2D eigenvalue weighted by Gasteiger charge is 2.55. The van der Waals surface area contributed by atoms with Crippen LogP contribution in [0.5, 0.6) is 0 Å². The summed E-state index contributed by atoms with van der Waals surface area (Å²) in [7, 11) is 0. The van der Waals surface area contributed by atoms with Gasteiger partial charge in [0.15, 0.2) is 0 Å². The van der Waals surface area contributed by atoms with Gasteiger partial charge in [-0.05, 0) is 92.9 Å². The Kier molecular flexibility index (Phi) is 6.45. The molecule has 4 N–H and O–H groups in total. The zero-order valence-corrected chi connectivity index (χ0v) is 19.6. The Hall–Kier alpha value is -1.22. The number of hydroxylamine groups is 4. The van der Waals surface area contributed by atoms with E-state index in [0.29, 0.717) is 25.7 Å². The average molecular weight is 429 g/mol. The van der Waals surface area contributed by atoms with E-state index in [1.54, 1.807) is 0 Å². The van der Waals surface area contributed by atoms with Crippen LogP contribution in [0, 0.1) is 23.7 Å². The first-order valence-corrected chi connectivity index (χ1v) is 10.8. The van der Waals surface area contributed by atoms with Gasteiger partial charge in [-0.25, -0.2) is 0 Å². The fourth-order valence-electron chi connectivity index (χ4n) is 6.50. The highest BCUT2D eigenvalue weighted by molar-refractivity contribution is 5.80. The molecule has 8 heteroatoms. The fraction of sp³-hybridized carbons (Fsp3) is 0.909. The molecule has 0 amide bonds. The molecule has 2 heterocycles. The van der Waals surface area contributed by atoms with Crippen molar-refractivity contribution in [1.82, 2.24) is 10.1 Å². The summed E-state index contributed by atoms with van der Waals surface area (Å²) in [5, 5.41) is 44.2. The third-order valence-corrected chi connectivity index (χ3v) is 7.31. The summed E-state index contributed by atoms with van der Waals surface area (Å²) >= 11 is 0. The lowest BCUT2D eigenvalue weighted by Gasteiger charge is -2.55. The smallest absolute Gasteiger partial charge is 0.307 e. The molecule has 0 aromatic heterocycles. The summed E-state index contributed by atoms with van der Waals surface area (Å²) in [6.45, 7) is 14.8. The second kappa shape index (κ2) is 7.73. The predicted molar refractivity (Wildman–Crippen MR) is 111 cm³/mol. The van der Waals surface area contributed by atoms with Crippen LogP contribution in [0.25, 0.3) is 0 Å². The van der Waals surface area contributed by atoms with Crippen molar-refractivity contribution in [2.45, 2.75) is 103 Å². The fourth-order valence-corrected chi connectivity index (χ4v) is 6.50. The number of carboxylic acids is 2. The van der Waals surface area contributed by atoms with E-state index in [-0.39, 0.29) is 0 Å². The zero-order chi connectivity index (χ0) is 23.4. The van der Waals surface area contributed by atoms with E-state index in [1.807, 2.05) is 55.4 Å². The molecule has 2 atom stereocenters. The van der Waals surface area contributed by atoms with E-state index >= 15 is 0 Å². The third kappa shape index (κ3) is 4.52. The first kappa shape index (κ1) is 25.0. The molecule has 2 saturated heterocycles. The molecule has 8 nitrogen and oxygen atoms in total. The summed E-state index contributed by atoms with van der Waals surface area (Å²) in [4.78, 5) is 25.0.